The molecule has 8 bridgehead atoms. The molecule has 0 saturated carbocycles. The first-order valence-electron chi connectivity index (χ1n) is 21.0. The molecule has 9 heteroatoms. The standard InChI is InChI=1S/C52H53N5O4/c1-9-37-33(6)51-41(25-36(29-53)50(34-17-13-11-14-18-34)35-19-15-12-16-20-35)52-38(10-2)30(3)44(56-52)26-42-31(4)39(21-23-48(58)60-7)46(54-42)28-47-40(22-24-49(59)61-8)32(5)43(55-47)27-45(37)57-51/h11-20,25-28,50,53,55H,9-10,21-24H2,1-8H3/b41-25+,44-26?,45-27?,46-28?. The third-order valence-corrected chi connectivity index (χ3v) is 12.2. The van der Waals surface area contributed by atoms with Crippen LogP contribution in [0.25, 0.3) is 12.2 Å². The molecule has 0 amide bonds. The van der Waals surface area contributed by atoms with Crippen molar-refractivity contribution in [2.45, 2.75) is 86.0 Å². The first-order valence-corrected chi connectivity index (χ1v) is 21.0. The lowest BCUT2D eigenvalue weighted by Gasteiger charge is -2.20. The second kappa shape index (κ2) is 18.3. The summed E-state index contributed by atoms with van der Waals surface area (Å²) in [6, 6.07) is 20.5. The van der Waals surface area contributed by atoms with Crippen LogP contribution in [0.15, 0.2) is 149 Å². The van der Waals surface area contributed by atoms with Crippen molar-refractivity contribution in [3.05, 3.63) is 168 Å². The molecule has 0 fully saturated rings. The number of carbonyl (C=O) groups is 2. The molecule has 5 heterocycles. The maximum atomic E-state index is 12.5. The molecule has 0 aliphatic carbocycles. The number of fused-ring (bicyclic) bond motifs is 5. The normalized spacial score (nSPS) is 16.6. The van der Waals surface area contributed by atoms with Gasteiger partial charge in [0.2, 0.25) is 0 Å². The molecule has 0 radical (unpaired) electrons. The number of nitrogens with one attached hydrogen (secondary N) is 2. The number of ether oxygens (including phenoxy) is 2. The van der Waals surface area contributed by atoms with Gasteiger partial charge in [0.05, 0.1) is 48.4 Å². The monoisotopic (exact) mass is 811 g/mol. The van der Waals surface area contributed by atoms with E-state index in [9.17, 15) is 9.59 Å². The van der Waals surface area contributed by atoms with Crippen molar-refractivity contribution in [1.82, 2.24) is 4.98 Å². The molecular weight excluding hydrogens is 759 g/mol. The Kier molecular flexibility index (Phi) is 12.7. The van der Waals surface area contributed by atoms with Crippen LogP contribution < -0.4 is 0 Å². The Morgan fingerprint density at radius 3 is 1.85 bits per heavy atom. The number of aliphatic imine (C=N–C) groups is 3. The Labute approximate surface area is 358 Å². The van der Waals surface area contributed by atoms with Crippen molar-refractivity contribution >= 4 is 47.1 Å². The van der Waals surface area contributed by atoms with Crippen LogP contribution in [0.4, 0.5) is 0 Å². The number of carbonyl (C=O) groups excluding carboxylic acids is 2. The van der Waals surface area contributed by atoms with Gasteiger partial charge in [0.25, 0.3) is 0 Å². The lowest BCUT2D eigenvalue weighted by atomic mass is 9.82. The second-order valence-electron chi connectivity index (χ2n) is 15.6. The minimum absolute atomic E-state index is 0.201. The van der Waals surface area contributed by atoms with E-state index in [0.717, 1.165) is 120 Å². The third-order valence-electron chi connectivity index (χ3n) is 12.2. The van der Waals surface area contributed by atoms with Crippen LogP contribution in [0.3, 0.4) is 0 Å². The van der Waals surface area contributed by atoms with Crippen LogP contribution in [-0.4, -0.2) is 54.1 Å². The molecule has 0 atom stereocenters. The van der Waals surface area contributed by atoms with Gasteiger partial charge in [-0.2, -0.15) is 0 Å². The quantitative estimate of drug-likeness (QED) is 0.139. The zero-order valence-corrected chi connectivity index (χ0v) is 36.4. The number of esters is 2. The van der Waals surface area contributed by atoms with Crippen molar-refractivity contribution in [3.8, 4) is 0 Å². The summed E-state index contributed by atoms with van der Waals surface area (Å²) in [5, 5.41) is 8.85. The van der Waals surface area contributed by atoms with Crippen molar-refractivity contribution in [3.63, 3.8) is 0 Å². The summed E-state index contributed by atoms with van der Waals surface area (Å²) >= 11 is 0. The lowest BCUT2D eigenvalue weighted by molar-refractivity contribution is -0.141. The van der Waals surface area contributed by atoms with E-state index in [0.29, 0.717) is 18.4 Å². The van der Waals surface area contributed by atoms with Gasteiger partial charge in [-0.25, -0.2) is 15.0 Å². The SMILES string of the molecule is CCC1=C(C)C2=NC1=Cc1[nH]c(c(CCC(=O)OC)c1C)C=C1N=C(C=C3N=C(C(CC)=C3C)/C2=C/C(=C=N)C(c2ccccc2)c2ccccc2)C(C)=C1CCC(=O)OC. The minimum atomic E-state index is -0.296. The topological polar surface area (TPSA) is 129 Å². The number of allylic oxidation sites excluding steroid dienone is 10. The second-order valence-corrected chi connectivity index (χ2v) is 15.6. The lowest BCUT2D eigenvalue weighted by Crippen LogP contribution is -2.16. The van der Waals surface area contributed by atoms with E-state index in [-0.39, 0.29) is 30.7 Å². The molecule has 2 aromatic carbocycles. The molecule has 9 nitrogen and oxygen atoms in total. The van der Waals surface area contributed by atoms with E-state index in [1.165, 1.54) is 14.2 Å². The number of rotatable bonds is 12. The molecule has 310 valence electrons. The van der Waals surface area contributed by atoms with Crippen molar-refractivity contribution < 1.29 is 19.1 Å². The van der Waals surface area contributed by atoms with Crippen molar-refractivity contribution in [2.75, 3.05) is 14.2 Å². The molecule has 1 aromatic heterocycles. The van der Waals surface area contributed by atoms with Crippen LogP contribution in [-0.2, 0) is 25.5 Å². The first-order chi connectivity index (χ1) is 29.5. The summed E-state index contributed by atoms with van der Waals surface area (Å²) in [6.07, 6.45) is 11.0. The summed E-state index contributed by atoms with van der Waals surface area (Å²) in [5.74, 6) is 2.02. The number of H-pyrrole nitrogens is 1. The summed E-state index contributed by atoms with van der Waals surface area (Å²) in [6.45, 7) is 12.6. The Morgan fingerprint density at radius 1 is 0.689 bits per heavy atom. The van der Waals surface area contributed by atoms with Gasteiger partial charge in [0.15, 0.2) is 0 Å². The fourth-order valence-electron chi connectivity index (χ4n) is 8.81. The van der Waals surface area contributed by atoms with Crippen LogP contribution in [0, 0.1) is 12.3 Å². The average Bonchev–Trinajstić information content (AvgIpc) is 3.96. The molecule has 0 spiro atoms. The van der Waals surface area contributed by atoms with Gasteiger partial charge in [0.1, 0.15) is 0 Å². The molecular formula is C52H53N5O4. The molecule has 0 unspecified atom stereocenters. The zero-order valence-electron chi connectivity index (χ0n) is 36.4. The maximum absolute atomic E-state index is 12.5. The van der Waals surface area contributed by atoms with Crippen molar-refractivity contribution in [2.24, 2.45) is 15.0 Å². The molecule has 61 heavy (non-hydrogen) atoms. The van der Waals surface area contributed by atoms with Gasteiger partial charge in [0, 0.05) is 41.3 Å². The highest BCUT2D eigenvalue weighted by Gasteiger charge is 2.33. The van der Waals surface area contributed by atoms with Crippen LogP contribution in [0.2, 0.25) is 0 Å². The van der Waals surface area contributed by atoms with Gasteiger partial charge < -0.3 is 14.5 Å². The summed E-state index contributed by atoms with van der Waals surface area (Å²) in [5.41, 5.74) is 18.2. The number of hydrogen-bond acceptors (Lipinski definition) is 8. The average molecular weight is 812 g/mol. The predicted octanol–water partition coefficient (Wildman–Crippen LogP) is 11.0. The molecule has 3 aromatic rings. The van der Waals surface area contributed by atoms with Crippen LogP contribution >= 0.6 is 0 Å². The van der Waals surface area contributed by atoms with E-state index < -0.39 is 0 Å². The fraction of sp³-hybridized carbons (Fsp3) is 0.288. The van der Waals surface area contributed by atoms with Gasteiger partial charge in [-0.1, -0.05) is 74.5 Å². The molecule has 4 aliphatic rings. The minimum Gasteiger partial charge on any atom is -0.469 e. The molecule has 7 rings (SSSR count). The van der Waals surface area contributed by atoms with Gasteiger partial charge in [-0.3, -0.25) is 15.0 Å². The van der Waals surface area contributed by atoms with Gasteiger partial charge in [-0.05, 0) is 139 Å². The number of hydrogen-bond donors (Lipinski definition) is 2. The highest BCUT2D eigenvalue weighted by Crippen LogP contribution is 2.41. The Morgan fingerprint density at radius 2 is 1.26 bits per heavy atom. The van der Waals surface area contributed by atoms with E-state index in [2.05, 4.69) is 81.9 Å². The fourth-order valence-corrected chi connectivity index (χ4v) is 8.81. The van der Waals surface area contributed by atoms with Crippen molar-refractivity contribution in [1.29, 1.82) is 5.41 Å². The number of nitrogens with zero attached hydrogens (tertiary/aromatic N) is 3. The highest BCUT2D eigenvalue weighted by molar-refractivity contribution is 6.37. The largest absolute Gasteiger partial charge is 0.469 e. The number of aromatic nitrogens is 1. The van der Waals surface area contributed by atoms with E-state index >= 15 is 0 Å². The van der Waals surface area contributed by atoms with Gasteiger partial charge >= 0.3 is 11.9 Å². The molecule has 0 saturated heterocycles. The van der Waals surface area contributed by atoms with Crippen LogP contribution in [0.5, 0.6) is 0 Å². The number of methoxy groups -OCH3 is 2. The molecule has 2 N–H and O–H groups in total. The Balaban J connectivity index is 1.53. The summed E-state index contributed by atoms with van der Waals surface area (Å²) in [4.78, 5) is 44.8. The summed E-state index contributed by atoms with van der Waals surface area (Å²) < 4.78 is 10.1. The Hall–Kier alpha value is -6.70. The smallest absolute Gasteiger partial charge is 0.305 e. The van der Waals surface area contributed by atoms with Gasteiger partial charge in [-0.15, -0.1) is 0 Å². The van der Waals surface area contributed by atoms with E-state index in [1.54, 1.807) is 0 Å². The highest BCUT2D eigenvalue weighted by atomic mass is 16.5. The van der Waals surface area contributed by atoms with Crippen LogP contribution in [0.1, 0.15) is 106 Å². The Bertz CT molecular complexity index is 2640. The molecule has 4 aliphatic heterocycles. The van der Waals surface area contributed by atoms with E-state index in [4.69, 9.17) is 29.9 Å². The number of benzene rings is 2. The predicted molar refractivity (Wildman–Crippen MR) is 246 cm³/mol. The summed E-state index contributed by atoms with van der Waals surface area (Å²) in [7, 11) is 2.81. The number of aromatic amines is 1. The van der Waals surface area contributed by atoms with E-state index in [1.807, 2.05) is 55.5 Å². The third kappa shape index (κ3) is 8.39. The zero-order chi connectivity index (χ0) is 43.4. The maximum Gasteiger partial charge on any atom is 0.305 e. The first kappa shape index (κ1) is 42.4.